The van der Waals surface area contributed by atoms with Crippen LogP contribution in [-0.4, -0.2) is 37.0 Å². The molecule has 2 amide bonds. The molecular weight excluding hydrogens is 296 g/mol. The third-order valence-corrected chi connectivity index (χ3v) is 3.70. The van der Waals surface area contributed by atoms with Crippen molar-refractivity contribution in [1.29, 1.82) is 0 Å². The van der Waals surface area contributed by atoms with Crippen molar-refractivity contribution < 1.29 is 19.1 Å². The van der Waals surface area contributed by atoms with E-state index in [-0.39, 0.29) is 31.1 Å². The lowest BCUT2D eigenvalue weighted by Crippen LogP contribution is -2.41. The summed E-state index contributed by atoms with van der Waals surface area (Å²) in [5, 5.41) is 5.08. The number of hydrogen-bond donors (Lipinski definition) is 2. The minimum absolute atomic E-state index is 0.0119. The number of esters is 1. The van der Waals surface area contributed by atoms with Crippen LogP contribution in [0.3, 0.4) is 0 Å². The lowest BCUT2D eigenvalue weighted by molar-refractivity contribution is -0.151. The summed E-state index contributed by atoms with van der Waals surface area (Å²) < 4.78 is 5.12. The number of carbonyl (C=O) groups is 3. The SMILES string of the molecule is CC(C)NC(=O)CNC(=O)COC(=O)C1(c2ccccc2)CC1. The van der Waals surface area contributed by atoms with E-state index in [1.54, 1.807) is 0 Å². The summed E-state index contributed by atoms with van der Waals surface area (Å²) >= 11 is 0. The molecular formula is C17H22N2O4. The molecule has 1 aliphatic carbocycles. The fourth-order valence-corrected chi connectivity index (χ4v) is 2.36. The van der Waals surface area contributed by atoms with Crippen LogP contribution >= 0.6 is 0 Å². The second kappa shape index (κ2) is 7.26. The molecule has 2 N–H and O–H groups in total. The van der Waals surface area contributed by atoms with E-state index in [4.69, 9.17) is 4.74 Å². The number of rotatable bonds is 7. The van der Waals surface area contributed by atoms with Crippen molar-refractivity contribution in [2.75, 3.05) is 13.2 Å². The molecule has 0 aliphatic heterocycles. The Labute approximate surface area is 135 Å². The van der Waals surface area contributed by atoms with E-state index in [9.17, 15) is 14.4 Å². The highest BCUT2D eigenvalue weighted by Crippen LogP contribution is 2.49. The Morgan fingerprint density at radius 3 is 2.35 bits per heavy atom. The molecule has 0 spiro atoms. The zero-order valence-corrected chi connectivity index (χ0v) is 13.4. The fourth-order valence-electron chi connectivity index (χ4n) is 2.36. The van der Waals surface area contributed by atoms with Gasteiger partial charge in [0.05, 0.1) is 12.0 Å². The third-order valence-electron chi connectivity index (χ3n) is 3.70. The molecule has 124 valence electrons. The van der Waals surface area contributed by atoms with E-state index in [2.05, 4.69) is 10.6 Å². The fraction of sp³-hybridized carbons (Fsp3) is 0.471. The van der Waals surface area contributed by atoms with Gasteiger partial charge in [-0.1, -0.05) is 30.3 Å². The largest absolute Gasteiger partial charge is 0.455 e. The maximum Gasteiger partial charge on any atom is 0.317 e. The molecule has 6 nitrogen and oxygen atoms in total. The van der Waals surface area contributed by atoms with Crippen LogP contribution in [0.5, 0.6) is 0 Å². The van der Waals surface area contributed by atoms with Gasteiger partial charge in [0, 0.05) is 6.04 Å². The molecule has 1 saturated carbocycles. The minimum Gasteiger partial charge on any atom is -0.455 e. The van der Waals surface area contributed by atoms with Crippen LogP contribution < -0.4 is 10.6 Å². The first-order valence-electron chi connectivity index (χ1n) is 7.73. The number of nitrogens with one attached hydrogen (secondary N) is 2. The first-order valence-corrected chi connectivity index (χ1v) is 7.73. The molecule has 2 rings (SSSR count). The Kier molecular flexibility index (Phi) is 5.36. The molecule has 0 bridgehead atoms. The van der Waals surface area contributed by atoms with E-state index in [1.165, 1.54) is 0 Å². The molecule has 1 fully saturated rings. The van der Waals surface area contributed by atoms with Crippen LogP contribution in [0.2, 0.25) is 0 Å². The smallest absolute Gasteiger partial charge is 0.317 e. The summed E-state index contributed by atoms with van der Waals surface area (Å²) in [6.07, 6.45) is 1.46. The van der Waals surface area contributed by atoms with Crippen LogP contribution in [0.1, 0.15) is 32.3 Å². The summed E-state index contributed by atoms with van der Waals surface area (Å²) in [6.45, 7) is 3.17. The van der Waals surface area contributed by atoms with Gasteiger partial charge < -0.3 is 15.4 Å². The number of ether oxygens (including phenoxy) is 1. The van der Waals surface area contributed by atoms with Crippen LogP contribution in [0, 0.1) is 0 Å². The third kappa shape index (κ3) is 4.55. The van der Waals surface area contributed by atoms with E-state index in [0.717, 1.165) is 18.4 Å². The van der Waals surface area contributed by atoms with Crippen molar-refractivity contribution in [1.82, 2.24) is 10.6 Å². The summed E-state index contributed by atoms with van der Waals surface area (Å²) in [7, 11) is 0. The first-order chi connectivity index (χ1) is 10.9. The monoisotopic (exact) mass is 318 g/mol. The van der Waals surface area contributed by atoms with Crippen LogP contribution in [-0.2, 0) is 24.5 Å². The Morgan fingerprint density at radius 2 is 1.78 bits per heavy atom. The molecule has 0 atom stereocenters. The van der Waals surface area contributed by atoms with Crippen LogP contribution in [0.15, 0.2) is 30.3 Å². The van der Waals surface area contributed by atoms with Crippen LogP contribution in [0.4, 0.5) is 0 Å². The quantitative estimate of drug-likeness (QED) is 0.732. The average Bonchev–Trinajstić information content (AvgIpc) is 3.32. The summed E-state index contributed by atoms with van der Waals surface area (Å²) in [6, 6.07) is 9.44. The number of carbonyl (C=O) groups excluding carboxylic acids is 3. The summed E-state index contributed by atoms with van der Waals surface area (Å²) in [4.78, 5) is 35.3. The molecule has 0 saturated heterocycles. The molecule has 0 unspecified atom stereocenters. The van der Waals surface area contributed by atoms with Gasteiger partial charge in [-0.2, -0.15) is 0 Å². The molecule has 0 heterocycles. The molecule has 1 aliphatic rings. The summed E-state index contributed by atoms with van der Waals surface area (Å²) in [5.74, 6) is -1.14. The maximum absolute atomic E-state index is 12.2. The van der Waals surface area contributed by atoms with Gasteiger partial charge >= 0.3 is 5.97 Å². The lowest BCUT2D eigenvalue weighted by atomic mass is 9.96. The zero-order valence-electron chi connectivity index (χ0n) is 13.4. The normalized spacial score (nSPS) is 14.9. The topological polar surface area (TPSA) is 84.5 Å². The Bertz CT molecular complexity index is 580. The van der Waals surface area contributed by atoms with Gasteiger partial charge in [0.1, 0.15) is 0 Å². The van der Waals surface area contributed by atoms with Gasteiger partial charge in [0.15, 0.2) is 6.61 Å². The Balaban J connectivity index is 1.77. The van der Waals surface area contributed by atoms with E-state index < -0.39 is 11.3 Å². The molecule has 1 aromatic rings. The van der Waals surface area contributed by atoms with Gasteiger partial charge in [0.2, 0.25) is 5.91 Å². The van der Waals surface area contributed by atoms with E-state index >= 15 is 0 Å². The van der Waals surface area contributed by atoms with Crippen molar-refractivity contribution >= 4 is 17.8 Å². The van der Waals surface area contributed by atoms with E-state index in [1.807, 2.05) is 44.2 Å². The molecule has 1 aromatic carbocycles. The minimum atomic E-state index is -0.601. The zero-order chi connectivity index (χ0) is 16.9. The van der Waals surface area contributed by atoms with Gasteiger partial charge in [0.25, 0.3) is 5.91 Å². The summed E-state index contributed by atoms with van der Waals surface area (Å²) in [5.41, 5.74) is 0.318. The van der Waals surface area contributed by atoms with Gasteiger partial charge in [-0.15, -0.1) is 0 Å². The molecule has 6 heteroatoms. The highest BCUT2D eigenvalue weighted by atomic mass is 16.5. The molecule has 0 aromatic heterocycles. The highest BCUT2D eigenvalue weighted by Gasteiger charge is 2.52. The maximum atomic E-state index is 12.2. The van der Waals surface area contributed by atoms with Crippen molar-refractivity contribution in [3.63, 3.8) is 0 Å². The van der Waals surface area contributed by atoms with E-state index in [0.29, 0.717) is 0 Å². The standard InChI is InChI=1S/C17H22N2O4/c1-12(2)19-14(20)10-18-15(21)11-23-16(22)17(8-9-17)13-6-4-3-5-7-13/h3-7,12H,8-11H2,1-2H3,(H,18,21)(H,19,20). The van der Waals surface area contributed by atoms with Crippen molar-refractivity contribution in [2.24, 2.45) is 0 Å². The highest BCUT2D eigenvalue weighted by molar-refractivity contribution is 5.90. The molecule has 0 radical (unpaired) electrons. The number of amides is 2. The van der Waals surface area contributed by atoms with Crippen LogP contribution in [0.25, 0.3) is 0 Å². The second-order valence-electron chi connectivity index (χ2n) is 6.02. The molecule has 23 heavy (non-hydrogen) atoms. The second-order valence-corrected chi connectivity index (χ2v) is 6.02. The van der Waals surface area contributed by atoms with Gasteiger partial charge in [-0.05, 0) is 32.3 Å². The van der Waals surface area contributed by atoms with Crippen molar-refractivity contribution in [3.05, 3.63) is 35.9 Å². The van der Waals surface area contributed by atoms with Gasteiger partial charge in [-0.3, -0.25) is 14.4 Å². The average molecular weight is 318 g/mol. The predicted octanol–water partition coefficient (Wildman–Crippen LogP) is 0.902. The van der Waals surface area contributed by atoms with Crippen molar-refractivity contribution in [2.45, 2.75) is 38.1 Å². The first kappa shape index (κ1) is 17.0. The Hall–Kier alpha value is -2.37. The predicted molar refractivity (Wildman–Crippen MR) is 84.6 cm³/mol. The number of hydrogen-bond acceptors (Lipinski definition) is 4. The lowest BCUT2D eigenvalue weighted by Gasteiger charge is -2.15. The number of benzene rings is 1. The van der Waals surface area contributed by atoms with Crippen molar-refractivity contribution in [3.8, 4) is 0 Å². The van der Waals surface area contributed by atoms with Gasteiger partial charge in [-0.25, -0.2) is 0 Å². The Morgan fingerprint density at radius 1 is 1.13 bits per heavy atom.